The first kappa shape index (κ1) is 13.6. The van der Waals surface area contributed by atoms with E-state index >= 15 is 0 Å². The number of hydrogen-bond acceptors (Lipinski definition) is 2. The smallest absolute Gasteiger partial charge is 0.124 e. The van der Waals surface area contributed by atoms with Crippen LogP contribution in [0.1, 0.15) is 29.7 Å². The van der Waals surface area contributed by atoms with E-state index < -0.39 is 0 Å². The predicted molar refractivity (Wildman–Crippen MR) is 79.4 cm³/mol. The van der Waals surface area contributed by atoms with Crippen LogP contribution in [0.15, 0.2) is 48.5 Å². The summed E-state index contributed by atoms with van der Waals surface area (Å²) in [6.45, 7) is 4.83. The lowest BCUT2D eigenvalue weighted by Crippen LogP contribution is -2.13. The maximum atomic E-state index is 5.95. The third-order valence-corrected chi connectivity index (χ3v) is 3.33. The van der Waals surface area contributed by atoms with E-state index in [1.807, 2.05) is 25.2 Å². The molecule has 0 aliphatic heterocycles. The van der Waals surface area contributed by atoms with Gasteiger partial charge in [0.1, 0.15) is 12.4 Å². The van der Waals surface area contributed by atoms with Gasteiger partial charge in [-0.25, -0.2) is 0 Å². The van der Waals surface area contributed by atoms with E-state index in [2.05, 4.69) is 49.5 Å². The van der Waals surface area contributed by atoms with Crippen LogP contribution >= 0.6 is 0 Å². The van der Waals surface area contributed by atoms with E-state index in [-0.39, 0.29) is 6.04 Å². The van der Waals surface area contributed by atoms with E-state index in [0.29, 0.717) is 6.61 Å². The quantitative estimate of drug-likeness (QED) is 0.876. The van der Waals surface area contributed by atoms with Crippen molar-refractivity contribution in [2.75, 3.05) is 7.05 Å². The molecule has 100 valence electrons. The predicted octanol–water partition coefficient (Wildman–Crippen LogP) is 3.85. The van der Waals surface area contributed by atoms with Crippen LogP contribution < -0.4 is 10.1 Å². The van der Waals surface area contributed by atoms with Crippen LogP contribution in [0.5, 0.6) is 5.75 Å². The first-order chi connectivity index (χ1) is 9.20. The van der Waals surface area contributed by atoms with Crippen molar-refractivity contribution in [1.82, 2.24) is 5.32 Å². The molecule has 2 heteroatoms. The minimum absolute atomic E-state index is 0.286. The Bertz CT molecular complexity index is 519. The largest absolute Gasteiger partial charge is 0.489 e. The molecule has 0 saturated carbocycles. The molecule has 2 aromatic rings. The minimum Gasteiger partial charge on any atom is -0.489 e. The van der Waals surface area contributed by atoms with Crippen molar-refractivity contribution in [2.24, 2.45) is 0 Å². The summed E-state index contributed by atoms with van der Waals surface area (Å²) in [7, 11) is 1.96. The molecule has 0 spiro atoms. The Morgan fingerprint density at radius 1 is 1.05 bits per heavy atom. The number of nitrogens with one attached hydrogen (secondary N) is 1. The SMILES string of the molecule is CNC(C)c1ccccc1OCc1ccc(C)cc1. The first-order valence-electron chi connectivity index (χ1n) is 6.65. The topological polar surface area (TPSA) is 21.3 Å². The molecule has 0 saturated heterocycles. The molecule has 0 aliphatic rings. The summed E-state index contributed by atoms with van der Waals surface area (Å²) in [6.07, 6.45) is 0. The van der Waals surface area contributed by atoms with Crippen molar-refractivity contribution in [3.63, 3.8) is 0 Å². The number of hydrogen-bond donors (Lipinski definition) is 1. The van der Waals surface area contributed by atoms with Gasteiger partial charge in [0.25, 0.3) is 0 Å². The van der Waals surface area contributed by atoms with Crippen LogP contribution in [-0.4, -0.2) is 7.05 Å². The zero-order valence-corrected chi connectivity index (χ0v) is 11.8. The van der Waals surface area contributed by atoms with Crippen molar-refractivity contribution in [2.45, 2.75) is 26.5 Å². The summed E-state index contributed by atoms with van der Waals surface area (Å²) in [5, 5.41) is 3.25. The fourth-order valence-electron chi connectivity index (χ4n) is 1.97. The molecule has 2 aromatic carbocycles. The van der Waals surface area contributed by atoms with Gasteiger partial charge in [0, 0.05) is 11.6 Å². The van der Waals surface area contributed by atoms with Crippen molar-refractivity contribution in [3.05, 3.63) is 65.2 Å². The van der Waals surface area contributed by atoms with Crippen LogP contribution in [0.2, 0.25) is 0 Å². The van der Waals surface area contributed by atoms with E-state index in [1.54, 1.807) is 0 Å². The molecule has 2 nitrogen and oxygen atoms in total. The van der Waals surface area contributed by atoms with Gasteiger partial charge in [-0.3, -0.25) is 0 Å². The Balaban J connectivity index is 2.09. The number of para-hydroxylation sites is 1. The second kappa shape index (κ2) is 6.39. The molecule has 0 aromatic heterocycles. The van der Waals surface area contributed by atoms with E-state index in [0.717, 1.165) is 5.75 Å². The van der Waals surface area contributed by atoms with Crippen LogP contribution in [0, 0.1) is 6.92 Å². The molecule has 0 aliphatic carbocycles. The van der Waals surface area contributed by atoms with Gasteiger partial charge in [-0.15, -0.1) is 0 Å². The molecule has 1 atom stereocenters. The highest BCUT2D eigenvalue weighted by molar-refractivity contribution is 5.36. The summed E-state index contributed by atoms with van der Waals surface area (Å²) < 4.78 is 5.95. The van der Waals surface area contributed by atoms with Crippen LogP contribution in [0.4, 0.5) is 0 Å². The number of ether oxygens (including phenoxy) is 1. The lowest BCUT2D eigenvalue weighted by Gasteiger charge is -2.16. The van der Waals surface area contributed by atoms with Gasteiger partial charge in [-0.1, -0.05) is 48.0 Å². The van der Waals surface area contributed by atoms with Gasteiger partial charge in [-0.2, -0.15) is 0 Å². The Hall–Kier alpha value is -1.80. The summed E-state index contributed by atoms with van der Waals surface area (Å²) in [5.41, 5.74) is 3.66. The molecule has 0 radical (unpaired) electrons. The van der Waals surface area contributed by atoms with Crippen LogP contribution in [0.25, 0.3) is 0 Å². The first-order valence-corrected chi connectivity index (χ1v) is 6.65. The molecule has 0 amide bonds. The molecule has 2 rings (SSSR count). The highest BCUT2D eigenvalue weighted by atomic mass is 16.5. The minimum atomic E-state index is 0.286. The molecule has 0 fully saturated rings. The normalized spacial score (nSPS) is 12.2. The van der Waals surface area contributed by atoms with E-state index in [9.17, 15) is 0 Å². The van der Waals surface area contributed by atoms with Gasteiger partial charge in [0.05, 0.1) is 0 Å². The third kappa shape index (κ3) is 3.58. The highest BCUT2D eigenvalue weighted by Crippen LogP contribution is 2.25. The zero-order chi connectivity index (χ0) is 13.7. The Morgan fingerprint density at radius 2 is 1.74 bits per heavy atom. The average Bonchev–Trinajstić information content (AvgIpc) is 2.46. The van der Waals surface area contributed by atoms with Crippen LogP contribution in [0.3, 0.4) is 0 Å². The van der Waals surface area contributed by atoms with Crippen molar-refractivity contribution in [1.29, 1.82) is 0 Å². The average molecular weight is 255 g/mol. The van der Waals surface area contributed by atoms with Crippen molar-refractivity contribution in [3.8, 4) is 5.75 Å². The van der Waals surface area contributed by atoms with Gasteiger partial charge < -0.3 is 10.1 Å². The van der Waals surface area contributed by atoms with Crippen LogP contribution in [-0.2, 0) is 6.61 Å². The lowest BCUT2D eigenvalue weighted by molar-refractivity contribution is 0.300. The fourth-order valence-corrected chi connectivity index (χ4v) is 1.97. The molecular weight excluding hydrogens is 234 g/mol. The van der Waals surface area contributed by atoms with Gasteiger partial charge in [-0.05, 0) is 32.5 Å². The van der Waals surface area contributed by atoms with E-state index in [1.165, 1.54) is 16.7 Å². The van der Waals surface area contributed by atoms with E-state index in [4.69, 9.17) is 4.74 Å². The van der Waals surface area contributed by atoms with Gasteiger partial charge in [0.15, 0.2) is 0 Å². The zero-order valence-electron chi connectivity index (χ0n) is 11.8. The second-order valence-electron chi connectivity index (χ2n) is 4.82. The lowest BCUT2D eigenvalue weighted by atomic mass is 10.1. The van der Waals surface area contributed by atoms with Gasteiger partial charge >= 0.3 is 0 Å². The molecular formula is C17H21NO. The highest BCUT2D eigenvalue weighted by Gasteiger charge is 2.09. The molecule has 1 unspecified atom stereocenters. The Kier molecular flexibility index (Phi) is 4.58. The maximum Gasteiger partial charge on any atom is 0.124 e. The molecule has 0 bridgehead atoms. The summed E-state index contributed by atoms with van der Waals surface area (Å²) >= 11 is 0. The molecule has 0 heterocycles. The van der Waals surface area contributed by atoms with Gasteiger partial charge in [0.2, 0.25) is 0 Å². The summed E-state index contributed by atoms with van der Waals surface area (Å²) in [5.74, 6) is 0.949. The Morgan fingerprint density at radius 3 is 2.42 bits per heavy atom. The molecule has 1 N–H and O–H groups in total. The van der Waals surface area contributed by atoms with Crippen molar-refractivity contribution >= 4 is 0 Å². The number of aryl methyl sites for hydroxylation is 1. The second-order valence-corrected chi connectivity index (χ2v) is 4.82. The standard InChI is InChI=1S/C17H21NO/c1-13-8-10-15(11-9-13)12-19-17-7-5-4-6-16(17)14(2)18-3/h4-11,14,18H,12H2,1-3H3. The monoisotopic (exact) mass is 255 g/mol. The summed E-state index contributed by atoms with van der Waals surface area (Å²) in [6, 6.07) is 16.9. The fraction of sp³-hybridized carbons (Fsp3) is 0.294. The number of benzene rings is 2. The summed E-state index contributed by atoms with van der Waals surface area (Å²) in [4.78, 5) is 0. The third-order valence-electron chi connectivity index (χ3n) is 3.33. The number of rotatable bonds is 5. The van der Waals surface area contributed by atoms with Crippen molar-refractivity contribution < 1.29 is 4.74 Å². The Labute approximate surface area is 115 Å². The maximum absolute atomic E-state index is 5.95. The molecule has 19 heavy (non-hydrogen) atoms.